The molecule has 1 aromatic carbocycles. The number of hydrogen-bond acceptors (Lipinski definition) is 5. The van der Waals surface area contributed by atoms with Crippen LogP contribution in [0.2, 0.25) is 5.02 Å². The second-order valence-corrected chi connectivity index (χ2v) is 5.54. The highest BCUT2D eigenvalue weighted by molar-refractivity contribution is 7.98. The molecule has 0 saturated carbocycles. The number of unbranched alkanes of at least 4 members (excludes halogenated alkanes) is 1. The predicted molar refractivity (Wildman–Crippen MR) is 77.1 cm³/mol. The average molecular weight is 298 g/mol. The van der Waals surface area contributed by atoms with Gasteiger partial charge in [0.15, 0.2) is 5.82 Å². The maximum absolute atomic E-state index is 5.85. The van der Waals surface area contributed by atoms with Crippen LogP contribution in [0.4, 0.5) is 0 Å². The van der Waals surface area contributed by atoms with Gasteiger partial charge >= 0.3 is 0 Å². The number of thioether (sulfide) groups is 1. The molecule has 7 heteroatoms. The molecule has 0 aliphatic carbocycles. The zero-order valence-corrected chi connectivity index (χ0v) is 12.1. The lowest BCUT2D eigenvalue weighted by Crippen LogP contribution is -2.07. The lowest BCUT2D eigenvalue weighted by molar-refractivity contribution is 0.532. The Bertz CT molecular complexity index is 499. The summed E-state index contributed by atoms with van der Waals surface area (Å²) in [6.45, 7) is 1.53. The number of aromatic nitrogens is 4. The maximum Gasteiger partial charge on any atom is 0.161 e. The van der Waals surface area contributed by atoms with Gasteiger partial charge in [0.25, 0.3) is 0 Å². The van der Waals surface area contributed by atoms with Crippen molar-refractivity contribution < 1.29 is 0 Å². The molecule has 0 aliphatic heterocycles. The Morgan fingerprint density at radius 1 is 1.21 bits per heavy atom. The molecule has 0 unspecified atom stereocenters. The summed E-state index contributed by atoms with van der Waals surface area (Å²) in [5.74, 6) is 1.63. The van der Waals surface area contributed by atoms with Gasteiger partial charge in [-0.2, -0.15) is 0 Å². The molecular weight excluding hydrogens is 282 g/mol. The van der Waals surface area contributed by atoms with Crippen molar-refractivity contribution in [2.75, 3.05) is 6.54 Å². The number of nitrogens with zero attached hydrogens (tertiary/aromatic N) is 4. The van der Waals surface area contributed by atoms with Crippen LogP contribution in [0.3, 0.4) is 0 Å². The molecule has 0 radical (unpaired) electrons. The molecule has 1 aromatic heterocycles. The number of benzene rings is 1. The SMILES string of the molecule is NCCCCn1nnnc1CSc1ccc(Cl)cc1. The molecule has 5 nitrogen and oxygen atoms in total. The van der Waals surface area contributed by atoms with Crippen molar-refractivity contribution in [1.82, 2.24) is 20.2 Å². The van der Waals surface area contributed by atoms with Gasteiger partial charge in [0.2, 0.25) is 0 Å². The van der Waals surface area contributed by atoms with E-state index in [2.05, 4.69) is 15.5 Å². The smallest absolute Gasteiger partial charge is 0.161 e. The summed E-state index contributed by atoms with van der Waals surface area (Å²) in [7, 11) is 0. The van der Waals surface area contributed by atoms with E-state index in [1.54, 1.807) is 11.8 Å². The van der Waals surface area contributed by atoms with Crippen LogP contribution in [0.25, 0.3) is 0 Å². The van der Waals surface area contributed by atoms with E-state index in [4.69, 9.17) is 17.3 Å². The fourth-order valence-corrected chi connectivity index (χ4v) is 2.54. The van der Waals surface area contributed by atoms with Gasteiger partial charge in [-0.15, -0.1) is 16.9 Å². The molecule has 1 heterocycles. The summed E-state index contributed by atoms with van der Waals surface area (Å²) in [5, 5.41) is 12.5. The number of rotatable bonds is 7. The lowest BCUT2D eigenvalue weighted by atomic mass is 10.3. The minimum absolute atomic E-state index is 0.705. The van der Waals surface area contributed by atoms with Crippen LogP contribution in [-0.4, -0.2) is 26.8 Å². The Hall–Kier alpha value is -1.11. The Labute approximate surface area is 121 Å². The van der Waals surface area contributed by atoms with E-state index in [-0.39, 0.29) is 0 Å². The number of hydrogen-bond donors (Lipinski definition) is 1. The zero-order valence-electron chi connectivity index (χ0n) is 10.5. The second-order valence-electron chi connectivity index (χ2n) is 4.06. The van der Waals surface area contributed by atoms with Crippen LogP contribution in [0.5, 0.6) is 0 Å². The molecule has 2 N–H and O–H groups in total. The average Bonchev–Trinajstić information content (AvgIpc) is 2.86. The van der Waals surface area contributed by atoms with E-state index in [9.17, 15) is 0 Å². The van der Waals surface area contributed by atoms with Gasteiger partial charge in [-0.25, -0.2) is 4.68 Å². The Kier molecular flexibility index (Phi) is 5.62. The van der Waals surface area contributed by atoms with E-state index in [0.717, 1.165) is 40.9 Å². The third-order valence-corrected chi connectivity index (χ3v) is 3.87. The Morgan fingerprint density at radius 2 is 2.00 bits per heavy atom. The minimum atomic E-state index is 0.705. The first-order valence-electron chi connectivity index (χ1n) is 6.13. The minimum Gasteiger partial charge on any atom is -0.330 e. The third kappa shape index (κ3) is 4.49. The van der Waals surface area contributed by atoms with Gasteiger partial charge in [-0.3, -0.25) is 0 Å². The highest BCUT2D eigenvalue weighted by Crippen LogP contribution is 2.23. The molecule has 2 rings (SSSR count). The molecule has 0 aliphatic rings. The molecule has 19 heavy (non-hydrogen) atoms. The first-order chi connectivity index (χ1) is 9.29. The summed E-state index contributed by atoms with van der Waals surface area (Å²) in [4.78, 5) is 1.15. The summed E-state index contributed by atoms with van der Waals surface area (Å²) in [5.41, 5.74) is 5.48. The first-order valence-corrected chi connectivity index (χ1v) is 7.49. The highest BCUT2D eigenvalue weighted by Gasteiger charge is 2.06. The Balaban J connectivity index is 1.88. The van der Waals surface area contributed by atoms with Crippen LogP contribution < -0.4 is 5.73 Å². The fraction of sp³-hybridized carbons (Fsp3) is 0.417. The first kappa shape index (κ1) is 14.3. The van der Waals surface area contributed by atoms with Crippen molar-refractivity contribution in [3.05, 3.63) is 35.1 Å². The molecular formula is C12H16ClN5S. The lowest BCUT2D eigenvalue weighted by Gasteiger charge is -2.04. The van der Waals surface area contributed by atoms with Crippen LogP contribution in [0, 0.1) is 0 Å². The molecule has 0 amide bonds. The molecule has 0 atom stereocenters. The predicted octanol–water partition coefficient (Wildman–Crippen LogP) is 2.36. The van der Waals surface area contributed by atoms with Crippen LogP contribution in [0.1, 0.15) is 18.7 Å². The number of tetrazole rings is 1. The van der Waals surface area contributed by atoms with Crippen LogP contribution in [0.15, 0.2) is 29.2 Å². The number of halogens is 1. The van der Waals surface area contributed by atoms with Crippen molar-refractivity contribution in [1.29, 1.82) is 0 Å². The van der Waals surface area contributed by atoms with Crippen molar-refractivity contribution >= 4 is 23.4 Å². The normalized spacial score (nSPS) is 10.8. The fourth-order valence-electron chi connectivity index (χ4n) is 1.58. The van der Waals surface area contributed by atoms with Crippen molar-refractivity contribution in [3.63, 3.8) is 0 Å². The molecule has 0 spiro atoms. The van der Waals surface area contributed by atoms with Gasteiger partial charge in [0.05, 0.1) is 5.75 Å². The topological polar surface area (TPSA) is 69.6 Å². The highest BCUT2D eigenvalue weighted by atomic mass is 35.5. The van der Waals surface area contributed by atoms with Gasteiger partial charge in [0, 0.05) is 16.5 Å². The largest absolute Gasteiger partial charge is 0.330 e. The van der Waals surface area contributed by atoms with E-state index >= 15 is 0 Å². The van der Waals surface area contributed by atoms with Gasteiger partial charge in [-0.1, -0.05) is 11.6 Å². The number of aryl methyl sites for hydroxylation is 1. The van der Waals surface area contributed by atoms with E-state index in [1.165, 1.54) is 0 Å². The summed E-state index contributed by atoms with van der Waals surface area (Å²) in [6.07, 6.45) is 1.99. The van der Waals surface area contributed by atoms with Gasteiger partial charge in [0.1, 0.15) is 0 Å². The van der Waals surface area contributed by atoms with Crippen molar-refractivity contribution in [2.24, 2.45) is 5.73 Å². The van der Waals surface area contributed by atoms with Crippen LogP contribution >= 0.6 is 23.4 Å². The van der Waals surface area contributed by atoms with Gasteiger partial charge < -0.3 is 5.73 Å². The second kappa shape index (κ2) is 7.47. The monoisotopic (exact) mass is 297 g/mol. The summed E-state index contributed by atoms with van der Waals surface area (Å²) >= 11 is 7.55. The van der Waals surface area contributed by atoms with Crippen LogP contribution in [-0.2, 0) is 12.3 Å². The molecule has 102 valence electrons. The van der Waals surface area contributed by atoms with Gasteiger partial charge in [-0.05, 0) is 54.1 Å². The molecule has 0 bridgehead atoms. The summed E-state index contributed by atoms with van der Waals surface area (Å²) < 4.78 is 1.85. The zero-order chi connectivity index (χ0) is 13.5. The standard InChI is InChI=1S/C12H16ClN5S/c13-10-3-5-11(6-4-10)19-9-12-15-16-17-18(12)8-2-1-7-14/h3-6H,1-2,7-9,14H2. The van der Waals surface area contributed by atoms with Crippen molar-refractivity contribution in [3.8, 4) is 0 Å². The van der Waals surface area contributed by atoms with Crippen molar-refractivity contribution in [2.45, 2.75) is 30.0 Å². The third-order valence-electron chi connectivity index (χ3n) is 2.61. The Morgan fingerprint density at radius 3 is 2.74 bits per heavy atom. The van der Waals surface area contributed by atoms with E-state index in [1.807, 2.05) is 28.9 Å². The van der Waals surface area contributed by atoms with E-state index < -0.39 is 0 Å². The number of nitrogens with two attached hydrogens (primary N) is 1. The molecule has 0 fully saturated rings. The van der Waals surface area contributed by atoms with E-state index in [0.29, 0.717) is 6.54 Å². The maximum atomic E-state index is 5.85. The molecule has 2 aromatic rings. The quantitative estimate of drug-likeness (QED) is 0.627. The molecule has 0 saturated heterocycles. The summed E-state index contributed by atoms with van der Waals surface area (Å²) in [6, 6.07) is 7.76.